The second-order valence-electron chi connectivity index (χ2n) is 4.01. The van der Waals surface area contributed by atoms with Crippen LogP contribution in [-0.4, -0.2) is 49.2 Å². The Morgan fingerprint density at radius 3 is 2.19 bits per heavy atom. The summed E-state index contributed by atoms with van der Waals surface area (Å²) >= 11 is 0. The molecule has 5 heteroatoms. The van der Waals surface area contributed by atoms with Gasteiger partial charge in [-0.25, -0.2) is 0 Å². The molecule has 5 nitrogen and oxygen atoms in total. The average Bonchev–Trinajstić information content (AvgIpc) is 2.29. The Balaban J connectivity index is 1.93. The minimum absolute atomic E-state index is 0.278. The van der Waals surface area contributed by atoms with Crippen molar-refractivity contribution in [2.45, 2.75) is 37.9 Å². The first kappa shape index (κ1) is 13.9. The molecular weight excluding hydrogens is 212 g/mol. The van der Waals surface area contributed by atoms with Crippen LogP contribution in [0.5, 0.6) is 0 Å². The summed E-state index contributed by atoms with van der Waals surface area (Å²) in [6.07, 6.45) is 4.69. The summed E-state index contributed by atoms with van der Waals surface area (Å²) in [5, 5.41) is 18.3. The van der Waals surface area contributed by atoms with E-state index in [1.807, 2.05) is 0 Å². The third-order valence-electron chi connectivity index (χ3n) is 2.70. The molecule has 1 saturated carbocycles. The van der Waals surface area contributed by atoms with Crippen molar-refractivity contribution < 1.29 is 24.4 Å². The van der Waals surface area contributed by atoms with E-state index < -0.39 is 5.79 Å². The molecule has 0 spiro atoms. The van der Waals surface area contributed by atoms with E-state index in [1.165, 1.54) is 6.42 Å². The lowest BCUT2D eigenvalue weighted by atomic mass is 9.94. The fraction of sp³-hybridized carbons (Fsp3) is 1.00. The van der Waals surface area contributed by atoms with Gasteiger partial charge in [0.05, 0.1) is 26.4 Å². The summed E-state index contributed by atoms with van der Waals surface area (Å²) in [6, 6.07) is 0. The van der Waals surface area contributed by atoms with Crippen molar-refractivity contribution in [2.75, 3.05) is 33.2 Å². The van der Waals surface area contributed by atoms with Gasteiger partial charge in [0.15, 0.2) is 5.79 Å². The average molecular weight is 234 g/mol. The van der Waals surface area contributed by atoms with Crippen molar-refractivity contribution >= 4 is 0 Å². The monoisotopic (exact) mass is 234 g/mol. The molecule has 0 aromatic heterocycles. The first-order valence-electron chi connectivity index (χ1n) is 5.89. The third kappa shape index (κ3) is 5.77. The lowest BCUT2D eigenvalue weighted by Gasteiger charge is -2.31. The number of rotatable bonds is 8. The van der Waals surface area contributed by atoms with Crippen molar-refractivity contribution in [3.8, 4) is 0 Å². The predicted octanol–water partition coefficient (Wildman–Crippen LogP) is 0.639. The van der Waals surface area contributed by atoms with Gasteiger partial charge >= 0.3 is 0 Å². The molecule has 0 atom stereocenters. The molecule has 1 fully saturated rings. The molecule has 1 aliphatic rings. The number of ether oxygens (including phenoxy) is 3. The van der Waals surface area contributed by atoms with Crippen molar-refractivity contribution in [3.05, 3.63) is 0 Å². The fourth-order valence-corrected chi connectivity index (χ4v) is 1.82. The Kier molecular flexibility index (Phi) is 6.91. The quantitative estimate of drug-likeness (QED) is 0.476. The fourth-order valence-electron chi connectivity index (χ4n) is 1.82. The molecule has 0 amide bonds. The Bertz CT molecular complexity index is 168. The predicted molar refractivity (Wildman–Crippen MR) is 57.8 cm³/mol. The van der Waals surface area contributed by atoms with E-state index in [-0.39, 0.29) is 6.79 Å². The first-order chi connectivity index (χ1) is 7.77. The minimum Gasteiger partial charge on any atom is -0.377 e. The Morgan fingerprint density at radius 1 is 0.875 bits per heavy atom. The van der Waals surface area contributed by atoms with Gasteiger partial charge in [0.25, 0.3) is 0 Å². The van der Waals surface area contributed by atoms with E-state index in [9.17, 15) is 5.11 Å². The molecule has 0 aromatic carbocycles. The van der Waals surface area contributed by atoms with Crippen molar-refractivity contribution in [2.24, 2.45) is 0 Å². The summed E-state index contributed by atoms with van der Waals surface area (Å²) in [4.78, 5) is 0. The van der Waals surface area contributed by atoms with Gasteiger partial charge in [-0.2, -0.15) is 0 Å². The van der Waals surface area contributed by atoms with Gasteiger partial charge in [-0.05, 0) is 12.8 Å². The van der Waals surface area contributed by atoms with Crippen LogP contribution >= 0.6 is 0 Å². The molecule has 1 rings (SSSR count). The molecule has 2 N–H and O–H groups in total. The summed E-state index contributed by atoms with van der Waals surface area (Å²) in [5.41, 5.74) is 0. The van der Waals surface area contributed by atoms with E-state index in [2.05, 4.69) is 0 Å². The van der Waals surface area contributed by atoms with Crippen LogP contribution in [0, 0.1) is 0 Å². The van der Waals surface area contributed by atoms with Crippen molar-refractivity contribution in [1.82, 2.24) is 0 Å². The molecule has 0 aliphatic heterocycles. The highest BCUT2D eigenvalue weighted by Gasteiger charge is 2.29. The Labute approximate surface area is 96.3 Å². The molecular formula is C11H22O5. The third-order valence-corrected chi connectivity index (χ3v) is 2.70. The zero-order valence-electron chi connectivity index (χ0n) is 9.69. The summed E-state index contributed by atoms with van der Waals surface area (Å²) < 4.78 is 15.3. The Hall–Kier alpha value is -0.200. The highest BCUT2D eigenvalue weighted by molar-refractivity contribution is 4.72. The van der Waals surface area contributed by atoms with Crippen LogP contribution in [0.4, 0.5) is 0 Å². The van der Waals surface area contributed by atoms with Gasteiger partial charge in [0, 0.05) is 12.8 Å². The molecule has 0 unspecified atom stereocenters. The lowest BCUT2D eigenvalue weighted by Crippen LogP contribution is -2.35. The highest BCUT2D eigenvalue weighted by Crippen LogP contribution is 2.28. The van der Waals surface area contributed by atoms with Crippen LogP contribution in [0.2, 0.25) is 0 Å². The van der Waals surface area contributed by atoms with E-state index >= 15 is 0 Å². The van der Waals surface area contributed by atoms with Gasteiger partial charge in [-0.15, -0.1) is 0 Å². The van der Waals surface area contributed by atoms with E-state index in [0.717, 1.165) is 25.7 Å². The maximum absolute atomic E-state index is 9.98. The van der Waals surface area contributed by atoms with Crippen LogP contribution in [-0.2, 0) is 14.2 Å². The van der Waals surface area contributed by atoms with Crippen molar-refractivity contribution in [1.29, 1.82) is 0 Å². The van der Waals surface area contributed by atoms with E-state index in [4.69, 9.17) is 19.3 Å². The first-order valence-corrected chi connectivity index (χ1v) is 5.89. The van der Waals surface area contributed by atoms with Crippen molar-refractivity contribution in [3.63, 3.8) is 0 Å². The van der Waals surface area contributed by atoms with Crippen LogP contribution in [0.1, 0.15) is 32.1 Å². The van der Waals surface area contributed by atoms with Crippen LogP contribution in [0.15, 0.2) is 0 Å². The SMILES string of the molecule is OCOCCOCCOC1(O)CCCCC1. The van der Waals surface area contributed by atoms with E-state index in [0.29, 0.717) is 26.4 Å². The summed E-state index contributed by atoms with van der Waals surface area (Å²) in [7, 11) is 0. The molecule has 1 aliphatic carbocycles. The maximum atomic E-state index is 9.98. The smallest absolute Gasteiger partial charge is 0.165 e. The summed E-state index contributed by atoms with van der Waals surface area (Å²) in [6.45, 7) is 1.37. The second-order valence-corrected chi connectivity index (χ2v) is 4.01. The number of hydrogen-bond acceptors (Lipinski definition) is 5. The molecule has 0 aromatic rings. The lowest BCUT2D eigenvalue weighted by molar-refractivity contribution is -0.225. The summed E-state index contributed by atoms with van der Waals surface area (Å²) in [5.74, 6) is -0.927. The molecule has 16 heavy (non-hydrogen) atoms. The Morgan fingerprint density at radius 2 is 1.50 bits per heavy atom. The van der Waals surface area contributed by atoms with E-state index in [1.54, 1.807) is 0 Å². The molecule has 0 saturated heterocycles. The zero-order chi connectivity index (χ0) is 11.7. The van der Waals surface area contributed by atoms with Gasteiger partial charge < -0.3 is 24.4 Å². The van der Waals surface area contributed by atoms with Crippen LogP contribution in [0.25, 0.3) is 0 Å². The molecule has 0 heterocycles. The molecule has 96 valence electrons. The van der Waals surface area contributed by atoms with Gasteiger partial charge in [-0.1, -0.05) is 6.42 Å². The maximum Gasteiger partial charge on any atom is 0.165 e. The second kappa shape index (κ2) is 7.97. The molecule has 0 bridgehead atoms. The standard InChI is InChI=1S/C11H22O5/c12-10-15-7-6-14-8-9-16-11(13)4-2-1-3-5-11/h12-13H,1-10H2. The minimum atomic E-state index is -0.927. The number of aliphatic hydroxyl groups is 2. The normalized spacial score (nSPS) is 19.9. The van der Waals surface area contributed by atoms with Crippen LogP contribution < -0.4 is 0 Å². The van der Waals surface area contributed by atoms with Gasteiger partial charge in [0.2, 0.25) is 0 Å². The largest absolute Gasteiger partial charge is 0.377 e. The number of hydrogen-bond donors (Lipinski definition) is 2. The highest BCUT2D eigenvalue weighted by atomic mass is 16.6. The van der Waals surface area contributed by atoms with Crippen LogP contribution in [0.3, 0.4) is 0 Å². The number of aliphatic hydroxyl groups excluding tert-OH is 1. The zero-order valence-corrected chi connectivity index (χ0v) is 9.69. The molecule has 0 radical (unpaired) electrons. The van der Waals surface area contributed by atoms with Gasteiger partial charge in [0.1, 0.15) is 6.79 Å². The topological polar surface area (TPSA) is 68.2 Å². The van der Waals surface area contributed by atoms with Gasteiger partial charge in [-0.3, -0.25) is 0 Å².